The Balaban J connectivity index is 2.25. The van der Waals surface area contributed by atoms with Gasteiger partial charge in [-0.2, -0.15) is 0 Å². The molecule has 1 N–H and O–H groups in total. The molecule has 0 amide bonds. The zero-order chi connectivity index (χ0) is 12.4. The van der Waals surface area contributed by atoms with Crippen molar-refractivity contribution in [3.8, 4) is 0 Å². The highest BCUT2D eigenvalue weighted by atomic mass is 32.2. The Morgan fingerprint density at radius 1 is 1.59 bits per heavy atom. The molecule has 0 spiro atoms. The molecule has 1 aliphatic rings. The summed E-state index contributed by atoms with van der Waals surface area (Å²) >= 11 is 1.36. The first-order valence-corrected chi connectivity index (χ1v) is 6.89. The molecule has 2 rings (SSSR count). The van der Waals surface area contributed by atoms with Crippen LogP contribution in [0.4, 0.5) is 4.39 Å². The van der Waals surface area contributed by atoms with E-state index >= 15 is 0 Å². The van der Waals surface area contributed by atoms with Gasteiger partial charge in [0.1, 0.15) is 5.82 Å². The maximum Gasteiger partial charge on any atom is 0.303 e. The Kier molecular flexibility index (Phi) is 3.72. The van der Waals surface area contributed by atoms with Gasteiger partial charge in [-0.05, 0) is 48.6 Å². The van der Waals surface area contributed by atoms with Crippen molar-refractivity contribution in [1.82, 2.24) is 0 Å². The normalized spacial score (nSPS) is 16.8. The van der Waals surface area contributed by atoms with Crippen LogP contribution in [0.1, 0.15) is 30.7 Å². The van der Waals surface area contributed by atoms with Crippen LogP contribution in [0.25, 0.3) is 0 Å². The van der Waals surface area contributed by atoms with Crippen LogP contribution in [0.15, 0.2) is 23.1 Å². The average Bonchev–Trinajstić information content (AvgIpc) is 3.10. The second-order valence-corrected chi connectivity index (χ2v) is 5.28. The molecule has 1 aliphatic carbocycles. The molecular weight excluding hydrogens is 239 g/mol. The first-order valence-electron chi connectivity index (χ1n) is 5.67. The van der Waals surface area contributed by atoms with Crippen molar-refractivity contribution < 1.29 is 14.3 Å². The molecule has 0 heterocycles. The number of aliphatic carboxylic acids is 1. The Bertz CT molecular complexity index is 429. The van der Waals surface area contributed by atoms with Crippen molar-refractivity contribution in [2.24, 2.45) is 5.92 Å². The highest BCUT2D eigenvalue weighted by molar-refractivity contribution is 7.98. The molecule has 0 saturated heterocycles. The predicted octanol–water partition coefficient (Wildman–Crippen LogP) is 3.52. The molecule has 0 aliphatic heterocycles. The molecule has 1 fully saturated rings. The summed E-state index contributed by atoms with van der Waals surface area (Å²) in [5.41, 5.74) is 0.959. The third kappa shape index (κ3) is 3.00. The monoisotopic (exact) mass is 254 g/mol. The molecule has 1 saturated carbocycles. The minimum atomic E-state index is -0.781. The summed E-state index contributed by atoms with van der Waals surface area (Å²) in [6.07, 6.45) is 4.14. The van der Waals surface area contributed by atoms with Crippen LogP contribution in [0.2, 0.25) is 0 Å². The highest BCUT2D eigenvalue weighted by Crippen LogP contribution is 2.45. The number of thioether (sulfide) groups is 1. The van der Waals surface area contributed by atoms with Crippen LogP contribution in [-0.4, -0.2) is 17.3 Å². The molecule has 4 heteroatoms. The molecule has 1 aromatic rings. The van der Waals surface area contributed by atoms with Crippen LogP contribution >= 0.6 is 11.8 Å². The minimum absolute atomic E-state index is 0.0407. The third-order valence-electron chi connectivity index (χ3n) is 3.19. The summed E-state index contributed by atoms with van der Waals surface area (Å²) in [4.78, 5) is 11.5. The van der Waals surface area contributed by atoms with E-state index in [2.05, 4.69) is 0 Å². The first kappa shape index (κ1) is 12.4. The van der Waals surface area contributed by atoms with Crippen LogP contribution in [0.5, 0.6) is 0 Å². The van der Waals surface area contributed by atoms with Crippen LogP contribution < -0.4 is 0 Å². The van der Waals surface area contributed by atoms with Gasteiger partial charge in [0, 0.05) is 4.90 Å². The zero-order valence-corrected chi connectivity index (χ0v) is 10.5. The fourth-order valence-electron chi connectivity index (χ4n) is 2.15. The number of rotatable bonds is 5. The summed E-state index contributed by atoms with van der Waals surface area (Å²) < 4.78 is 13.4. The Morgan fingerprint density at radius 3 is 2.82 bits per heavy atom. The molecule has 1 aromatic carbocycles. The van der Waals surface area contributed by atoms with Gasteiger partial charge in [-0.15, -0.1) is 11.8 Å². The number of halogens is 1. The Labute approximate surface area is 104 Å². The lowest BCUT2D eigenvalue weighted by molar-refractivity contribution is -0.137. The van der Waals surface area contributed by atoms with Gasteiger partial charge in [0.25, 0.3) is 0 Å². The van der Waals surface area contributed by atoms with E-state index in [1.54, 1.807) is 12.1 Å². The van der Waals surface area contributed by atoms with E-state index in [9.17, 15) is 9.18 Å². The van der Waals surface area contributed by atoms with Gasteiger partial charge < -0.3 is 5.11 Å². The predicted molar refractivity (Wildman–Crippen MR) is 65.9 cm³/mol. The van der Waals surface area contributed by atoms with Crippen LogP contribution in [0, 0.1) is 11.7 Å². The van der Waals surface area contributed by atoms with E-state index in [-0.39, 0.29) is 18.2 Å². The second kappa shape index (κ2) is 5.08. The van der Waals surface area contributed by atoms with Crippen molar-refractivity contribution in [2.75, 3.05) is 6.26 Å². The Hall–Kier alpha value is -1.03. The number of carboxylic acids is 1. The van der Waals surface area contributed by atoms with Gasteiger partial charge in [-0.25, -0.2) is 4.39 Å². The van der Waals surface area contributed by atoms with E-state index in [1.807, 2.05) is 6.26 Å². The second-order valence-electron chi connectivity index (χ2n) is 4.44. The van der Waals surface area contributed by atoms with Crippen molar-refractivity contribution >= 4 is 17.7 Å². The van der Waals surface area contributed by atoms with E-state index in [0.29, 0.717) is 10.8 Å². The zero-order valence-electron chi connectivity index (χ0n) is 9.65. The number of hydrogen-bond donors (Lipinski definition) is 1. The summed E-state index contributed by atoms with van der Waals surface area (Å²) in [6.45, 7) is 0. The minimum Gasteiger partial charge on any atom is -0.481 e. The molecule has 0 aromatic heterocycles. The van der Waals surface area contributed by atoms with E-state index in [4.69, 9.17) is 5.11 Å². The summed E-state index contributed by atoms with van der Waals surface area (Å²) in [6, 6.07) is 4.96. The average molecular weight is 254 g/mol. The number of carboxylic acid groups (broad SMARTS) is 1. The number of carbonyl (C=O) groups is 1. The molecule has 92 valence electrons. The molecule has 17 heavy (non-hydrogen) atoms. The van der Waals surface area contributed by atoms with Crippen molar-refractivity contribution in [3.63, 3.8) is 0 Å². The lowest BCUT2D eigenvalue weighted by atomic mass is 9.91. The standard InChI is InChI=1S/C13H15FO2S/c1-17-12-6-9(4-5-11(12)14)10(7-13(15)16)8-2-3-8/h4-6,8,10H,2-3,7H2,1H3,(H,15,16). The maximum atomic E-state index is 13.4. The van der Waals surface area contributed by atoms with Gasteiger partial charge >= 0.3 is 5.97 Å². The summed E-state index contributed by atoms with van der Waals surface area (Å²) in [5, 5.41) is 8.92. The molecule has 0 radical (unpaired) electrons. The molecular formula is C13H15FO2S. The molecule has 1 unspecified atom stereocenters. The maximum absolute atomic E-state index is 13.4. The lowest BCUT2D eigenvalue weighted by Gasteiger charge is -2.15. The number of hydrogen-bond acceptors (Lipinski definition) is 2. The third-order valence-corrected chi connectivity index (χ3v) is 3.94. The largest absolute Gasteiger partial charge is 0.481 e. The topological polar surface area (TPSA) is 37.3 Å². The van der Waals surface area contributed by atoms with Gasteiger partial charge in [0.15, 0.2) is 0 Å². The molecule has 0 bridgehead atoms. The summed E-state index contributed by atoms with van der Waals surface area (Å²) in [7, 11) is 0. The SMILES string of the molecule is CSc1cc(C(CC(=O)O)C2CC2)ccc1F. The first-order chi connectivity index (χ1) is 8.11. The highest BCUT2D eigenvalue weighted by Gasteiger charge is 2.33. The van der Waals surface area contributed by atoms with E-state index < -0.39 is 5.97 Å². The van der Waals surface area contributed by atoms with Gasteiger partial charge in [-0.1, -0.05) is 6.07 Å². The fraction of sp³-hybridized carbons (Fsp3) is 0.462. The van der Waals surface area contributed by atoms with Crippen molar-refractivity contribution in [2.45, 2.75) is 30.1 Å². The van der Waals surface area contributed by atoms with Crippen molar-refractivity contribution in [3.05, 3.63) is 29.6 Å². The molecule has 1 atom stereocenters. The van der Waals surface area contributed by atoms with Crippen LogP contribution in [-0.2, 0) is 4.79 Å². The van der Waals surface area contributed by atoms with Crippen molar-refractivity contribution in [1.29, 1.82) is 0 Å². The molecule has 2 nitrogen and oxygen atoms in total. The van der Waals surface area contributed by atoms with Gasteiger partial charge in [-0.3, -0.25) is 4.79 Å². The van der Waals surface area contributed by atoms with Crippen LogP contribution in [0.3, 0.4) is 0 Å². The van der Waals surface area contributed by atoms with Gasteiger partial charge in [0.05, 0.1) is 6.42 Å². The van der Waals surface area contributed by atoms with Gasteiger partial charge in [0.2, 0.25) is 0 Å². The smallest absolute Gasteiger partial charge is 0.303 e. The number of benzene rings is 1. The van der Waals surface area contributed by atoms with E-state index in [1.165, 1.54) is 17.8 Å². The quantitative estimate of drug-likeness (QED) is 0.817. The fourth-order valence-corrected chi connectivity index (χ4v) is 2.67. The Morgan fingerprint density at radius 2 is 2.29 bits per heavy atom. The van der Waals surface area contributed by atoms with E-state index in [0.717, 1.165) is 18.4 Å². The summed E-state index contributed by atoms with van der Waals surface area (Å²) in [5.74, 6) is -0.506. The lowest BCUT2D eigenvalue weighted by Crippen LogP contribution is -2.08.